The number of fused-ring (bicyclic) bond motifs is 3. The highest BCUT2D eigenvalue weighted by molar-refractivity contribution is 14.1. The number of allylic oxidation sites excluding steroid dienone is 1. The average molecular weight is 796 g/mol. The van der Waals surface area contributed by atoms with Crippen LogP contribution in [-0.4, -0.2) is 4.57 Å². The van der Waals surface area contributed by atoms with E-state index in [0.29, 0.717) is 20.6 Å². The van der Waals surface area contributed by atoms with Crippen LogP contribution in [0.5, 0.6) is 5.75 Å². The van der Waals surface area contributed by atoms with Crippen LogP contribution in [0.1, 0.15) is 40.3 Å². The van der Waals surface area contributed by atoms with Gasteiger partial charge < -0.3 is 4.74 Å². The molecule has 1 atom stereocenters. The second-order valence-corrected chi connectivity index (χ2v) is 13.6. The Morgan fingerprint density at radius 3 is 2.57 bits per heavy atom. The maximum absolute atomic E-state index is 14.3. The fourth-order valence-electron chi connectivity index (χ4n) is 5.70. The Morgan fingerprint density at radius 2 is 1.74 bits per heavy atom. The van der Waals surface area contributed by atoms with Gasteiger partial charge in [0.15, 0.2) is 4.80 Å². The van der Waals surface area contributed by atoms with Crippen molar-refractivity contribution in [1.82, 2.24) is 4.57 Å². The molecule has 0 N–H and O–H groups in total. The molecular formula is C34H23FI2N2O2S. The molecule has 0 saturated heterocycles. The van der Waals surface area contributed by atoms with Crippen LogP contribution in [-0.2, 0) is 13.0 Å². The van der Waals surface area contributed by atoms with Crippen molar-refractivity contribution < 1.29 is 9.13 Å². The smallest absolute Gasteiger partial charge is 0.271 e. The SMILES string of the molecule is O=c1/c(=C\c2cc(I)cc(I)c2OCc2ccccc2F)sc2n1[C@H](c1ccccc1)C1=C(N=2)c2ccccc2CC1. The summed E-state index contributed by atoms with van der Waals surface area (Å²) >= 11 is 5.90. The third kappa shape index (κ3) is 5.07. The fraction of sp³-hybridized carbons (Fsp3) is 0.118. The van der Waals surface area contributed by atoms with Crippen LogP contribution in [0.2, 0.25) is 0 Å². The molecule has 0 fully saturated rings. The molecule has 0 spiro atoms. The monoisotopic (exact) mass is 796 g/mol. The summed E-state index contributed by atoms with van der Waals surface area (Å²) in [5, 5.41) is 0. The quantitative estimate of drug-likeness (QED) is 0.176. The van der Waals surface area contributed by atoms with E-state index in [1.54, 1.807) is 18.2 Å². The summed E-state index contributed by atoms with van der Waals surface area (Å²) in [6.45, 7) is 0.0888. The van der Waals surface area contributed by atoms with Gasteiger partial charge in [-0.15, -0.1) is 0 Å². The third-order valence-electron chi connectivity index (χ3n) is 7.64. The van der Waals surface area contributed by atoms with E-state index < -0.39 is 0 Å². The lowest BCUT2D eigenvalue weighted by Crippen LogP contribution is -2.38. The average Bonchev–Trinajstić information content (AvgIpc) is 3.30. The minimum atomic E-state index is -0.306. The minimum Gasteiger partial charge on any atom is -0.487 e. The van der Waals surface area contributed by atoms with Crippen LogP contribution in [0.15, 0.2) is 106 Å². The predicted molar refractivity (Wildman–Crippen MR) is 182 cm³/mol. The van der Waals surface area contributed by atoms with E-state index in [2.05, 4.69) is 81.6 Å². The zero-order valence-corrected chi connectivity index (χ0v) is 27.3. The molecule has 2 aliphatic rings. The number of benzene rings is 4. The standard InChI is InChI=1S/C34H23FI2N2O2S/c35-27-13-7-5-11-22(27)19-41-32-23(16-24(36)18-28(32)37)17-29-33(40)39-31(21-9-2-1-3-10-21)26-15-14-20-8-4-6-12-25(20)30(26)38-34(39)42-29/h1-13,16-18,31H,14-15,19H2/b29-17+/t31-/m1/s1. The molecule has 1 aliphatic heterocycles. The molecule has 1 aliphatic carbocycles. The molecule has 8 heteroatoms. The number of halogens is 3. The second kappa shape index (κ2) is 11.5. The lowest BCUT2D eigenvalue weighted by atomic mass is 9.83. The van der Waals surface area contributed by atoms with Crippen molar-refractivity contribution in [2.45, 2.75) is 25.5 Å². The molecule has 5 aromatic rings. The van der Waals surface area contributed by atoms with E-state index in [0.717, 1.165) is 42.4 Å². The molecule has 0 radical (unpaired) electrons. The molecule has 2 heterocycles. The fourth-order valence-corrected chi connectivity index (χ4v) is 8.74. The molecular weight excluding hydrogens is 773 g/mol. The summed E-state index contributed by atoms with van der Waals surface area (Å²) in [4.78, 5) is 20.0. The normalized spacial score (nSPS) is 16.0. The Labute approximate surface area is 273 Å². The van der Waals surface area contributed by atoms with Crippen LogP contribution >= 0.6 is 56.5 Å². The molecule has 0 bridgehead atoms. The summed E-state index contributed by atoms with van der Waals surface area (Å²) in [6.07, 6.45) is 3.66. The number of aromatic nitrogens is 1. The topological polar surface area (TPSA) is 43.6 Å². The van der Waals surface area contributed by atoms with Gasteiger partial charge in [-0.3, -0.25) is 9.36 Å². The van der Waals surface area contributed by atoms with Crippen molar-refractivity contribution in [3.05, 3.63) is 157 Å². The number of rotatable bonds is 5. The minimum absolute atomic E-state index is 0.0769. The second-order valence-electron chi connectivity index (χ2n) is 10.2. The molecule has 7 rings (SSSR count). The number of thiazole rings is 1. The van der Waals surface area contributed by atoms with E-state index in [4.69, 9.17) is 9.73 Å². The number of hydrogen-bond donors (Lipinski definition) is 0. The molecule has 4 aromatic carbocycles. The van der Waals surface area contributed by atoms with Crippen molar-refractivity contribution in [2.24, 2.45) is 4.99 Å². The van der Waals surface area contributed by atoms with Gasteiger partial charge in [0.25, 0.3) is 5.56 Å². The Kier molecular flexibility index (Phi) is 7.62. The highest BCUT2D eigenvalue weighted by atomic mass is 127. The van der Waals surface area contributed by atoms with E-state index in [9.17, 15) is 9.18 Å². The van der Waals surface area contributed by atoms with E-state index in [-0.39, 0.29) is 24.0 Å². The van der Waals surface area contributed by atoms with E-state index in [1.165, 1.54) is 28.5 Å². The largest absolute Gasteiger partial charge is 0.487 e. The highest BCUT2D eigenvalue weighted by Crippen LogP contribution is 2.41. The van der Waals surface area contributed by atoms with Crippen molar-refractivity contribution in [3.8, 4) is 5.75 Å². The van der Waals surface area contributed by atoms with Gasteiger partial charge in [-0.25, -0.2) is 9.38 Å². The lowest BCUT2D eigenvalue weighted by molar-refractivity contribution is 0.297. The molecule has 0 unspecified atom stereocenters. The van der Waals surface area contributed by atoms with Gasteiger partial charge in [0.05, 0.1) is 19.8 Å². The summed E-state index contributed by atoms with van der Waals surface area (Å²) in [7, 11) is 0. The molecule has 0 amide bonds. The van der Waals surface area contributed by atoms with Crippen LogP contribution in [0.25, 0.3) is 11.8 Å². The predicted octanol–water partition coefficient (Wildman–Crippen LogP) is 7.25. The Hall–Kier alpha value is -3.09. The van der Waals surface area contributed by atoms with Gasteiger partial charge in [0.2, 0.25) is 0 Å². The van der Waals surface area contributed by atoms with Gasteiger partial charge in [0, 0.05) is 20.3 Å². The van der Waals surface area contributed by atoms with Gasteiger partial charge in [-0.1, -0.05) is 84.1 Å². The van der Waals surface area contributed by atoms with Crippen LogP contribution in [0.4, 0.5) is 4.39 Å². The number of nitrogens with zero attached hydrogens (tertiary/aromatic N) is 2. The first-order chi connectivity index (χ1) is 20.5. The lowest BCUT2D eigenvalue weighted by Gasteiger charge is -2.30. The Bertz CT molecular complexity index is 2070. The summed E-state index contributed by atoms with van der Waals surface area (Å²) in [6, 6.07) is 29.1. The van der Waals surface area contributed by atoms with Crippen molar-refractivity contribution in [2.75, 3.05) is 0 Å². The van der Waals surface area contributed by atoms with Gasteiger partial charge in [-0.2, -0.15) is 0 Å². The molecule has 208 valence electrons. The van der Waals surface area contributed by atoms with Crippen LogP contribution < -0.4 is 19.6 Å². The molecule has 1 aromatic heterocycles. The highest BCUT2D eigenvalue weighted by Gasteiger charge is 2.32. The van der Waals surface area contributed by atoms with Crippen LogP contribution in [0.3, 0.4) is 0 Å². The van der Waals surface area contributed by atoms with E-state index in [1.807, 2.05) is 41.0 Å². The first-order valence-corrected chi connectivity index (χ1v) is 16.5. The van der Waals surface area contributed by atoms with Gasteiger partial charge >= 0.3 is 0 Å². The maximum atomic E-state index is 14.3. The zero-order valence-electron chi connectivity index (χ0n) is 22.2. The van der Waals surface area contributed by atoms with E-state index >= 15 is 0 Å². The van der Waals surface area contributed by atoms with Gasteiger partial charge in [-0.05, 0) is 99.0 Å². The summed E-state index contributed by atoms with van der Waals surface area (Å²) < 4.78 is 24.9. The third-order valence-corrected chi connectivity index (χ3v) is 10.0. The molecule has 0 saturated carbocycles. The maximum Gasteiger partial charge on any atom is 0.271 e. The first kappa shape index (κ1) is 27.7. The Balaban J connectivity index is 1.39. The van der Waals surface area contributed by atoms with Crippen molar-refractivity contribution in [3.63, 3.8) is 0 Å². The molecule has 42 heavy (non-hydrogen) atoms. The number of aryl methyl sites for hydroxylation is 1. The summed E-state index contributed by atoms with van der Waals surface area (Å²) in [5.41, 5.74) is 6.85. The van der Waals surface area contributed by atoms with Crippen LogP contribution in [0, 0.1) is 13.0 Å². The number of hydrogen-bond acceptors (Lipinski definition) is 4. The van der Waals surface area contributed by atoms with Crippen molar-refractivity contribution >= 4 is 68.3 Å². The van der Waals surface area contributed by atoms with Crippen molar-refractivity contribution in [1.29, 1.82) is 0 Å². The molecule has 4 nitrogen and oxygen atoms in total. The Morgan fingerprint density at radius 1 is 0.976 bits per heavy atom. The first-order valence-electron chi connectivity index (χ1n) is 13.5. The summed E-state index contributed by atoms with van der Waals surface area (Å²) in [5.74, 6) is 0.317. The zero-order chi connectivity index (χ0) is 28.8. The number of ether oxygens (including phenoxy) is 1. The van der Waals surface area contributed by atoms with Gasteiger partial charge in [0.1, 0.15) is 18.2 Å².